The van der Waals surface area contributed by atoms with Gasteiger partial charge in [-0.1, -0.05) is 49.6 Å². The Morgan fingerprint density at radius 1 is 0.679 bits per heavy atom. The second kappa shape index (κ2) is 18.2. The molecule has 0 unspecified atom stereocenters. The number of hydrogen-bond donors (Lipinski definition) is 3. The predicted octanol–water partition coefficient (Wildman–Crippen LogP) is 4.20. The topological polar surface area (TPSA) is 118 Å². The van der Waals surface area contributed by atoms with Gasteiger partial charge in [-0.15, -0.1) is 0 Å². The van der Waals surface area contributed by atoms with Gasteiger partial charge < -0.3 is 15.9 Å². The zero-order chi connectivity index (χ0) is 21.0. The van der Waals surface area contributed by atoms with Gasteiger partial charge in [0.05, 0.1) is 0 Å². The fourth-order valence-corrected chi connectivity index (χ4v) is 2.60. The lowest BCUT2D eigenvalue weighted by molar-refractivity contribution is -0.138. The molecule has 6 nitrogen and oxygen atoms in total. The standard InChI is InChI=1S/C16H22O3.C6H13NO2/c17-15(10-6-1-2-7-11-16(18)19)13-12-14-8-4-3-5-9-14;7-5-3-1-2-4-6(8)9/h3-5,8-9H,1-2,6-7,10-13H2,(H,18,19);1-5,7H2,(H,8,9). The van der Waals surface area contributed by atoms with Gasteiger partial charge in [-0.2, -0.15) is 0 Å². The monoisotopic (exact) mass is 393 g/mol. The Morgan fingerprint density at radius 3 is 1.68 bits per heavy atom. The van der Waals surface area contributed by atoms with Gasteiger partial charge in [0.2, 0.25) is 0 Å². The number of aryl methyl sites for hydroxylation is 1. The third-order valence-corrected chi connectivity index (χ3v) is 4.23. The molecule has 0 bridgehead atoms. The van der Waals surface area contributed by atoms with Gasteiger partial charge in [-0.05, 0) is 44.2 Å². The lowest BCUT2D eigenvalue weighted by Crippen LogP contribution is -2.00. The first kappa shape index (κ1) is 25.8. The number of benzene rings is 1. The fourth-order valence-electron chi connectivity index (χ4n) is 2.60. The minimum atomic E-state index is -0.737. The largest absolute Gasteiger partial charge is 0.481 e. The van der Waals surface area contributed by atoms with E-state index in [-0.39, 0.29) is 12.8 Å². The van der Waals surface area contributed by atoms with Crippen LogP contribution in [0.1, 0.15) is 76.2 Å². The molecule has 0 spiro atoms. The highest BCUT2D eigenvalue weighted by molar-refractivity contribution is 5.78. The van der Waals surface area contributed by atoms with Crippen molar-refractivity contribution in [1.82, 2.24) is 0 Å². The SMILES string of the molecule is NCCCCCC(=O)O.O=C(O)CCCCCCC(=O)CCc1ccccc1. The number of hydrogen-bond acceptors (Lipinski definition) is 4. The first-order valence-electron chi connectivity index (χ1n) is 10.1. The number of carbonyl (C=O) groups excluding carboxylic acids is 1. The normalized spacial score (nSPS) is 10.0. The Morgan fingerprint density at radius 2 is 1.18 bits per heavy atom. The fraction of sp³-hybridized carbons (Fsp3) is 0.591. The molecule has 0 saturated heterocycles. The van der Waals surface area contributed by atoms with E-state index in [2.05, 4.69) is 0 Å². The summed E-state index contributed by atoms with van der Waals surface area (Å²) in [6.45, 7) is 0.666. The smallest absolute Gasteiger partial charge is 0.303 e. The molecule has 0 aliphatic heterocycles. The van der Waals surface area contributed by atoms with E-state index >= 15 is 0 Å². The number of carboxylic acids is 2. The number of unbranched alkanes of at least 4 members (excludes halogenated alkanes) is 5. The van der Waals surface area contributed by atoms with Crippen LogP contribution in [0.4, 0.5) is 0 Å². The van der Waals surface area contributed by atoms with Crippen molar-refractivity contribution in [3.05, 3.63) is 35.9 Å². The van der Waals surface area contributed by atoms with Crippen LogP contribution in [0.5, 0.6) is 0 Å². The van der Waals surface area contributed by atoms with E-state index in [1.54, 1.807) is 0 Å². The summed E-state index contributed by atoms with van der Waals surface area (Å²) >= 11 is 0. The van der Waals surface area contributed by atoms with Crippen LogP contribution in [-0.2, 0) is 20.8 Å². The number of aliphatic carboxylic acids is 2. The van der Waals surface area contributed by atoms with Gasteiger partial charge in [0.15, 0.2) is 0 Å². The molecule has 0 amide bonds. The summed E-state index contributed by atoms with van der Waals surface area (Å²) in [6, 6.07) is 10.0. The van der Waals surface area contributed by atoms with E-state index in [9.17, 15) is 14.4 Å². The zero-order valence-corrected chi connectivity index (χ0v) is 16.8. The minimum absolute atomic E-state index is 0.238. The third kappa shape index (κ3) is 18.6. The number of ketones is 1. The molecule has 4 N–H and O–H groups in total. The Hall–Kier alpha value is -2.21. The van der Waals surface area contributed by atoms with Crippen LogP contribution in [0.25, 0.3) is 0 Å². The molecular weight excluding hydrogens is 358 g/mol. The Kier molecular flexibility index (Phi) is 16.7. The number of carbonyl (C=O) groups is 3. The highest BCUT2D eigenvalue weighted by Gasteiger charge is 2.03. The quantitative estimate of drug-likeness (QED) is 0.384. The first-order chi connectivity index (χ1) is 13.5. The average molecular weight is 394 g/mol. The summed E-state index contributed by atoms with van der Waals surface area (Å²) in [6.07, 6.45) is 8.64. The second-order valence-electron chi connectivity index (χ2n) is 6.83. The molecule has 0 fully saturated rings. The molecule has 0 atom stereocenters. The van der Waals surface area contributed by atoms with Gasteiger partial charge in [0, 0.05) is 25.7 Å². The summed E-state index contributed by atoms with van der Waals surface area (Å²) in [5.41, 5.74) is 6.40. The maximum atomic E-state index is 11.7. The molecule has 0 radical (unpaired) electrons. The van der Waals surface area contributed by atoms with Gasteiger partial charge in [-0.3, -0.25) is 14.4 Å². The summed E-state index contributed by atoms with van der Waals surface area (Å²) in [5.74, 6) is -1.15. The second-order valence-corrected chi connectivity index (χ2v) is 6.83. The van der Waals surface area contributed by atoms with Gasteiger partial charge in [0.25, 0.3) is 0 Å². The molecule has 6 heteroatoms. The van der Waals surface area contributed by atoms with Crippen molar-refractivity contribution in [1.29, 1.82) is 0 Å². The van der Waals surface area contributed by atoms with Crippen molar-refractivity contribution < 1.29 is 24.6 Å². The van der Waals surface area contributed by atoms with Gasteiger partial charge in [-0.25, -0.2) is 0 Å². The van der Waals surface area contributed by atoms with E-state index < -0.39 is 11.9 Å². The number of rotatable bonds is 15. The molecule has 0 aliphatic carbocycles. The molecule has 28 heavy (non-hydrogen) atoms. The van der Waals surface area contributed by atoms with Crippen LogP contribution >= 0.6 is 0 Å². The molecule has 1 rings (SSSR count). The lowest BCUT2D eigenvalue weighted by atomic mass is 10.0. The number of Topliss-reactive ketones (excluding diaryl/α,β-unsaturated/α-hetero) is 1. The van der Waals surface area contributed by atoms with E-state index in [1.807, 2.05) is 30.3 Å². The Bertz CT molecular complexity index is 545. The highest BCUT2D eigenvalue weighted by Crippen LogP contribution is 2.09. The Balaban J connectivity index is 0.000000684. The third-order valence-electron chi connectivity index (χ3n) is 4.23. The van der Waals surface area contributed by atoms with Crippen LogP contribution in [0.2, 0.25) is 0 Å². The molecule has 0 aromatic heterocycles. The van der Waals surface area contributed by atoms with Crippen molar-refractivity contribution in [2.24, 2.45) is 5.73 Å². The van der Waals surface area contributed by atoms with Crippen molar-refractivity contribution >= 4 is 17.7 Å². The van der Waals surface area contributed by atoms with Crippen LogP contribution in [-0.4, -0.2) is 34.5 Å². The summed E-state index contributed by atoms with van der Waals surface area (Å²) in [5, 5.41) is 16.7. The van der Waals surface area contributed by atoms with Crippen molar-refractivity contribution in [2.45, 2.75) is 77.0 Å². The number of carboxylic acid groups (broad SMARTS) is 2. The van der Waals surface area contributed by atoms with Crippen molar-refractivity contribution in [3.8, 4) is 0 Å². The van der Waals surface area contributed by atoms with Gasteiger partial charge >= 0.3 is 11.9 Å². The van der Waals surface area contributed by atoms with E-state index in [4.69, 9.17) is 15.9 Å². The summed E-state index contributed by atoms with van der Waals surface area (Å²) < 4.78 is 0. The summed E-state index contributed by atoms with van der Waals surface area (Å²) in [4.78, 5) is 31.9. The number of nitrogens with two attached hydrogens (primary N) is 1. The van der Waals surface area contributed by atoms with E-state index in [0.717, 1.165) is 44.9 Å². The van der Waals surface area contributed by atoms with Crippen molar-refractivity contribution in [2.75, 3.05) is 6.54 Å². The minimum Gasteiger partial charge on any atom is -0.481 e. The van der Waals surface area contributed by atoms with Crippen LogP contribution in [0.15, 0.2) is 30.3 Å². The molecule has 1 aromatic carbocycles. The molecule has 0 heterocycles. The molecule has 0 saturated carbocycles. The zero-order valence-electron chi connectivity index (χ0n) is 16.8. The highest BCUT2D eigenvalue weighted by atomic mass is 16.4. The maximum absolute atomic E-state index is 11.7. The Labute approximate surface area is 168 Å². The predicted molar refractivity (Wildman–Crippen MR) is 110 cm³/mol. The van der Waals surface area contributed by atoms with Crippen LogP contribution in [0.3, 0.4) is 0 Å². The molecule has 158 valence electrons. The summed E-state index contributed by atoms with van der Waals surface area (Å²) in [7, 11) is 0. The van der Waals surface area contributed by atoms with E-state index in [1.165, 1.54) is 5.56 Å². The molecular formula is C22H35NO5. The molecule has 1 aromatic rings. The average Bonchev–Trinajstić information content (AvgIpc) is 2.67. The van der Waals surface area contributed by atoms with Crippen LogP contribution in [0, 0.1) is 0 Å². The first-order valence-corrected chi connectivity index (χ1v) is 10.1. The van der Waals surface area contributed by atoms with Gasteiger partial charge in [0.1, 0.15) is 5.78 Å². The van der Waals surface area contributed by atoms with Crippen LogP contribution < -0.4 is 5.73 Å². The van der Waals surface area contributed by atoms with Crippen molar-refractivity contribution in [3.63, 3.8) is 0 Å². The van der Waals surface area contributed by atoms with E-state index in [0.29, 0.717) is 31.6 Å². The molecule has 0 aliphatic rings. The maximum Gasteiger partial charge on any atom is 0.303 e. The lowest BCUT2D eigenvalue weighted by Gasteiger charge is -2.02.